The molecule has 0 atom stereocenters. The fourth-order valence-corrected chi connectivity index (χ4v) is 3.17. The molecule has 0 aromatic heterocycles. The van der Waals surface area contributed by atoms with Crippen molar-refractivity contribution < 1.29 is 19.1 Å². The van der Waals surface area contributed by atoms with Gasteiger partial charge in [0.2, 0.25) is 5.91 Å². The number of anilines is 1. The number of hydrogen-bond donors (Lipinski definition) is 1. The van der Waals surface area contributed by atoms with Gasteiger partial charge in [0, 0.05) is 19.0 Å². The van der Waals surface area contributed by atoms with Gasteiger partial charge in [0.1, 0.15) is 5.75 Å². The number of nitrogens with zero attached hydrogens (tertiary/aromatic N) is 1. The van der Waals surface area contributed by atoms with Crippen LogP contribution in [0.2, 0.25) is 0 Å². The lowest BCUT2D eigenvalue weighted by Crippen LogP contribution is -2.41. The van der Waals surface area contributed by atoms with Gasteiger partial charge in [-0.05, 0) is 51.0 Å². The fraction of sp³-hybridized carbons (Fsp3) is 0.364. The Hall–Kier alpha value is -3.02. The maximum Gasteiger partial charge on any atom is 0.409 e. The van der Waals surface area contributed by atoms with Crippen molar-refractivity contribution in [2.24, 2.45) is 5.92 Å². The lowest BCUT2D eigenvalue weighted by molar-refractivity contribution is -0.121. The van der Waals surface area contributed by atoms with E-state index in [2.05, 4.69) is 5.32 Å². The van der Waals surface area contributed by atoms with Crippen molar-refractivity contribution >= 4 is 17.7 Å². The molecule has 1 saturated heterocycles. The Morgan fingerprint density at radius 2 is 1.75 bits per heavy atom. The Kier molecular flexibility index (Phi) is 6.53. The summed E-state index contributed by atoms with van der Waals surface area (Å²) >= 11 is 0. The van der Waals surface area contributed by atoms with Gasteiger partial charge in [0.15, 0.2) is 5.75 Å². The molecular weight excluding hydrogens is 356 g/mol. The Morgan fingerprint density at radius 3 is 2.43 bits per heavy atom. The monoisotopic (exact) mass is 382 g/mol. The number of rotatable bonds is 5. The third kappa shape index (κ3) is 5.03. The van der Waals surface area contributed by atoms with Gasteiger partial charge >= 0.3 is 6.09 Å². The average Bonchev–Trinajstić information content (AvgIpc) is 2.71. The SMILES string of the molecule is CCOC(=O)N1CCC(C(=O)Nc2ccccc2Oc2ccc(C)cc2)CC1. The molecule has 0 aliphatic carbocycles. The summed E-state index contributed by atoms with van der Waals surface area (Å²) in [5.74, 6) is 1.13. The second-order valence-electron chi connectivity index (χ2n) is 6.86. The molecular formula is C22H26N2O4. The molecule has 1 fully saturated rings. The van der Waals surface area contributed by atoms with E-state index in [9.17, 15) is 9.59 Å². The van der Waals surface area contributed by atoms with Crippen LogP contribution >= 0.6 is 0 Å². The topological polar surface area (TPSA) is 67.9 Å². The number of carbonyl (C=O) groups excluding carboxylic acids is 2. The lowest BCUT2D eigenvalue weighted by Gasteiger charge is -2.30. The predicted molar refractivity (Wildman–Crippen MR) is 108 cm³/mol. The number of para-hydroxylation sites is 2. The van der Waals surface area contributed by atoms with Crippen molar-refractivity contribution in [1.82, 2.24) is 4.90 Å². The summed E-state index contributed by atoms with van der Waals surface area (Å²) < 4.78 is 11.0. The van der Waals surface area contributed by atoms with Gasteiger partial charge in [0.05, 0.1) is 12.3 Å². The third-order valence-electron chi connectivity index (χ3n) is 4.79. The first-order valence-electron chi connectivity index (χ1n) is 9.63. The van der Waals surface area contributed by atoms with Gasteiger partial charge in [-0.15, -0.1) is 0 Å². The number of carbonyl (C=O) groups is 2. The largest absolute Gasteiger partial charge is 0.455 e. The van der Waals surface area contributed by atoms with Crippen molar-refractivity contribution in [2.45, 2.75) is 26.7 Å². The molecule has 2 amide bonds. The molecule has 0 radical (unpaired) electrons. The Bertz CT molecular complexity index is 812. The van der Waals surface area contributed by atoms with Crippen LogP contribution in [0.15, 0.2) is 48.5 Å². The van der Waals surface area contributed by atoms with E-state index in [1.165, 1.54) is 0 Å². The predicted octanol–water partition coefficient (Wildman–Crippen LogP) is 4.59. The molecule has 6 nitrogen and oxygen atoms in total. The number of likely N-dealkylation sites (tertiary alicyclic amines) is 1. The molecule has 2 aromatic carbocycles. The van der Waals surface area contributed by atoms with Gasteiger partial charge in [-0.1, -0.05) is 29.8 Å². The molecule has 1 aliphatic rings. The highest BCUT2D eigenvalue weighted by molar-refractivity contribution is 5.94. The van der Waals surface area contributed by atoms with E-state index in [4.69, 9.17) is 9.47 Å². The molecule has 148 valence electrons. The van der Waals surface area contributed by atoms with Crippen LogP contribution in [0.4, 0.5) is 10.5 Å². The molecule has 0 saturated carbocycles. The van der Waals surface area contributed by atoms with Crippen LogP contribution in [0.5, 0.6) is 11.5 Å². The first kappa shape index (κ1) is 19.7. The molecule has 1 heterocycles. The number of piperidine rings is 1. The number of nitrogens with one attached hydrogen (secondary N) is 1. The van der Waals surface area contributed by atoms with E-state index in [0.29, 0.717) is 44.0 Å². The highest BCUT2D eigenvalue weighted by atomic mass is 16.6. The summed E-state index contributed by atoms with van der Waals surface area (Å²) in [5.41, 5.74) is 1.80. The van der Waals surface area contributed by atoms with E-state index in [1.807, 2.05) is 55.5 Å². The van der Waals surface area contributed by atoms with Crippen molar-refractivity contribution in [3.05, 3.63) is 54.1 Å². The molecule has 6 heteroatoms. The van der Waals surface area contributed by atoms with Crippen LogP contribution in [-0.4, -0.2) is 36.6 Å². The van der Waals surface area contributed by atoms with E-state index in [-0.39, 0.29) is 17.9 Å². The van der Waals surface area contributed by atoms with Crippen LogP contribution in [0.3, 0.4) is 0 Å². The number of aryl methyl sites for hydroxylation is 1. The second kappa shape index (κ2) is 9.26. The minimum atomic E-state index is -0.307. The Balaban J connectivity index is 1.60. The molecule has 0 bridgehead atoms. The van der Waals surface area contributed by atoms with Gasteiger partial charge in [-0.25, -0.2) is 4.79 Å². The maximum atomic E-state index is 12.7. The van der Waals surface area contributed by atoms with Gasteiger partial charge < -0.3 is 19.7 Å². The summed E-state index contributed by atoms with van der Waals surface area (Å²) in [7, 11) is 0. The highest BCUT2D eigenvalue weighted by Gasteiger charge is 2.28. The van der Waals surface area contributed by atoms with Crippen molar-refractivity contribution in [3.63, 3.8) is 0 Å². The summed E-state index contributed by atoms with van der Waals surface area (Å²) in [4.78, 5) is 26.2. The van der Waals surface area contributed by atoms with E-state index in [1.54, 1.807) is 11.8 Å². The van der Waals surface area contributed by atoms with Crippen LogP contribution < -0.4 is 10.1 Å². The third-order valence-corrected chi connectivity index (χ3v) is 4.79. The van der Waals surface area contributed by atoms with Crippen molar-refractivity contribution in [2.75, 3.05) is 25.0 Å². The van der Waals surface area contributed by atoms with Crippen LogP contribution in [0, 0.1) is 12.8 Å². The Morgan fingerprint density at radius 1 is 1.07 bits per heavy atom. The molecule has 0 unspecified atom stereocenters. The standard InChI is InChI=1S/C22H26N2O4/c1-3-27-22(26)24-14-12-17(13-15-24)21(25)23-19-6-4-5-7-20(19)28-18-10-8-16(2)9-11-18/h4-11,17H,3,12-15H2,1-2H3,(H,23,25). The van der Waals surface area contributed by atoms with Gasteiger partial charge in [-0.3, -0.25) is 4.79 Å². The quantitative estimate of drug-likeness (QED) is 0.821. The zero-order valence-electron chi connectivity index (χ0n) is 16.3. The van der Waals surface area contributed by atoms with Crippen LogP contribution in [-0.2, 0) is 9.53 Å². The summed E-state index contributed by atoms with van der Waals surface area (Å²) in [6, 6.07) is 15.2. The maximum absolute atomic E-state index is 12.7. The second-order valence-corrected chi connectivity index (χ2v) is 6.86. The fourth-order valence-electron chi connectivity index (χ4n) is 3.17. The minimum absolute atomic E-state index is 0.0523. The molecule has 0 spiro atoms. The van der Waals surface area contributed by atoms with Crippen LogP contribution in [0.25, 0.3) is 0 Å². The zero-order chi connectivity index (χ0) is 19.9. The first-order valence-corrected chi connectivity index (χ1v) is 9.63. The van der Waals surface area contributed by atoms with Crippen molar-refractivity contribution in [1.29, 1.82) is 0 Å². The normalized spacial score (nSPS) is 14.4. The van der Waals surface area contributed by atoms with Gasteiger partial charge in [0.25, 0.3) is 0 Å². The van der Waals surface area contributed by atoms with E-state index >= 15 is 0 Å². The van der Waals surface area contributed by atoms with Crippen LogP contribution in [0.1, 0.15) is 25.3 Å². The van der Waals surface area contributed by atoms with Gasteiger partial charge in [-0.2, -0.15) is 0 Å². The summed E-state index contributed by atoms with van der Waals surface area (Å²) in [5, 5.41) is 2.98. The minimum Gasteiger partial charge on any atom is -0.455 e. The summed E-state index contributed by atoms with van der Waals surface area (Å²) in [6.07, 6.45) is 0.926. The van der Waals surface area contributed by atoms with E-state index < -0.39 is 0 Å². The van der Waals surface area contributed by atoms with Crippen molar-refractivity contribution in [3.8, 4) is 11.5 Å². The zero-order valence-corrected chi connectivity index (χ0v) is 16.3. The molecule has 3 rings (SSSR count). The number of ether oxygens (including phenoxy) is 2. The first-order chi connectivity index (χ1) is 13.6. The number of amides is 2. The molecule has 1 N–H and O–H groups in total. The summed E-state index contributed by atoms with van der Waals surface area (Å²) in [6.45, 7) is 5.22. The Labute approximate surface area is 165 Å². The van der Waals surface area contributed by atoms with E-state index in [0.717, 1.165) is 11.3 Å². The molecule has 1 aliphatic heterocycles. The molecule has 2 aromatic rings. The highest BCUT2D eigenvalue weighted by Crippen LogP contribution is 2.30. The number of benzene rings is 2. The molecule has 28 heavy (non-hydrogen) atoms. The average molecular weight is 382 g/mol. The smallest absolute Gasteiger partial charge is 0.409 e. The lowest BCUT2D eigenvalue weighted by atomic mass is 9.96. The number of hydrogen-bond acceptors (Lipinski definition) is 4.